The largest absolute Gasteiger partial charge is 0.482 e. The van der Waals surface area contributed by atoms with Gasteiger partial charge in [0.05, 0.1) is 23.4 Å². The standard InChI is InChI=1S/C29H28FN3O8S/c1-4-39-29(36)18-7-11-20(12-8-18)33-25(34)15-40-24-13-21-23(14-22(24)32-16-42(3,37)38)41-27(26(21)28(35)31-2)17-5-9-19(30)10-6-17/h5-14,32H,4,15-16H2,1-3H3,(H,31,35)(H,33,34). The lowest BCUT2D eigenvalue weighted by atomic mass is 10.0. The first-order valence-corrected chi connectivity index (χ1v) is 14.7. The number of hydrogen-bond acceptors (Lipinski definition) is 9. The van der Waals surface area contributed by atoms with Crippen molar-refractivity contribution >= 4 is 50.0 Å². The third-order valence-electron chi connectivity index (χ3n) is 5.91. The van der Waals surface area contributed by atoms with E-state index in [1.807, 2.05) is 0 Å². The van der Waals surface area contributed by atoms with Gasteiger partial charge in [-0.15, -0.1) is 0 Å². The number of amides is 2. The Kier molecular flexibility index (Phi) is 9.11. The van der Waals surface area contributed by atoms with Gasteiger partial charge in [0.25, 0.3) is 11.8 Å². The van der Waals surface area contributed by atoms with Crippen LogP contribution < -0.4 is 20.7 Å². The fourth-order valence-electron chi connectivity index (χ4n) is 3.99. The molecule has 220 valence electrons. The van der Waals surface area contributed by atoms with Gasteiger partial charge in [0.15, 0.2) is 16.4 Å². The van der Waals surface area contributed by atoms with Crippen LogP contribution in [0, 0.1) is 5.82 Å². The van der Waals surface area contributed by atoms with Crippen LogP contribution in [0.5, 0.6) is 5.75 Å². The second kappa shape index (κ2) is 12.7. The van der Waals surface area contributed by atoms with E-state index < -0.39 is 45.9 Å². The molecule has 0 aliphatic rings. The van der Waals surface area contributed by atoms with E-state index in [4.69, 9.17) is 13.9 Å². The number of benzene rings is 3. The van der Waals surface area contributed by atoms with Gasteiger partial charge in [-0.1, -0.05) is 0 Å². The topological polar surface area (TPSA) is 153 Å². The van der Waals surface area contributed by atoms with E-state index in [2.05, 4.69) is 16.0 Å². The molecule has 1 aromatic heterocycles. The van der Waals surface area contributed by atoms with Crippen molar-refractivity contribution in [2.75, 3.05) is 43.0 Å². The predicted molar refractivity (Wildman–Crippen MR) is 155 cm³/mol. The third-order valence-corrected chi connectivity index (χ3v) is 6.58. The van der Waals surface area contributed by atoms with Crippen molar-refractivity contribution in [3.05, 3.63) is 77.6 Å². The molecule has 3 aromatic carbocycles. The first kappa shape index (κ1) is 30.1. The zero-order valence-electron chi connectivity index (χ0n) is 22.9. The molecule has 0 bridgehead atoms. The van der Waals surface area contributed by atoms with Gasteiger partial charge in [-0.25, -0.2) is 17.6 Å². The minimum absolute atomic E-state index is 0.0792. The van der Waals surface area contributed by atoms with E-state index in [1.54, 1.807) is 6.92 Å². The van der Waals surface area contributed by atoms with E-state index in [9.17, 15) is 27.2 Å². The molecular formula is C29H28FN3O8S. The van der Waals surface area contributed by atoms with Crippen molar-refractivity contribution in [2.45, 2.75) is 6.92 Å². The molecule has 4 rings (SSSR count). The highest BCUT2D eigenvalue weighted by atomic mass is 32.2. The van der Waals surface area contributed by atoms with E-state index in [-0.39, 0.29) is 35.0 Å². The van der Waals surface area contributed by atoms with Crippen molar-refractivity contribution in [3.8, 4) is 17.1 Å². The minimum atomic E-state index is -3.45. The number of nitrogens with one attached hydrogen (secondary N) is 3. The first-order chi connectivity index (χ1) is 20.0. The fourth-order valence-corrected chi connectivity index (χ4v) is 4.41. The molecule has 0 spiro atoms. The molecule has 0 aliphatic heterocycles. The molecule has 0 unspecified atom stereocenters. The highest BCUT2D eigenvalue weighted by molar-refractivity contribution is 7.90. The van der Waals surface area contributed by atoms with Crippen LogP contribution in [0.1, 0.15) is 27.6 Å². The number of anilines is 2. The molecule has 0 radical (unpaired) electrons. The van der Waals surface area contributed by atoms with Crippen LogP contribution in [-0.2, 0) is 19.4 Å². The minimum Gasteiger partial charge on any atom is -0.482 e. The Morgan fingerprint density at radius 2 is 1.69 bits per heavy atom. The second-order valence-electron chi connectivity index (χ2n) is 9.12. The first-order valence-electron chi connectivity index (χ1n) is 12.7. The molecule has 3 N–H and O–H groups in total. The summed E-state index contributed by atoms with van der Waals surface area (Å²) in [4.78, 5) is 37.4. The number of halogens is 1. The fraction of sp³-hybridized carbons (Fsp3) is 0.207. The maximum absolute atomic E-state index is 13.5. The van der Waals surface area contributed by atoms with Gasteiger partial charge in [0.2, 0.25) is 0 Å². The quantitative estimate of drug-likeness (QED) is 0.216. The summed E-state index contributed by atoms with van der Waals surface area (Å²) in [5.41, 5.74) is 1.73. The average Bonchev–Trinajstić information content (AvgIpc) is 3.33. The summed E-state index contributed by atoms with van der Waals surface area (Å²) in [5.74, 6) is -2.18. The van der Waals surface area contributed by atoms with Crippen LogP contribution in [0.2, 0.25) is 0 Å². The Balaban J connectivity index is 1.65. The SMILES string of the molecule is CCOC(=O)c1ccc(NC(=O)COc2cc3c(C(=O)NC)c(-c4ccc(F)cc4)oc3cc2NCS(C)(=O)=O)cc1. The Morgan fingerprint density at radius 3 is 2.31 bits per heavy atom. The normalized spacial score (nSPS) is 11.1. The number of hydrogen-bond donors (Lipinski definition) is 3. The zero-order valence-corrected chi connectivity index (χ0v) is 23.8. The zero-order chi connectivity index (χ0) is 30.4. The van der Waals surface area contributed by atoms with E-state index >= 15 is 0 Å². The highest BCUT2D eigenvalue weighted by Gasteiger charge is 2.24. The predicted octanol–water partition coefficient (Wildman–Crippen LogP) is 4.21. The number of ether oxygens (including phenoxy) is 2. The molecule has 0 saturated heterocycles. The van der Waals surface area contributed by atoms with Gasteiger partial charge in [0.1, 0.15) is 28.8 Å². The lowest BCUT2D eigenvalue weighted by Gasteiger charge is -2.13. The summed E-state index contributed by atoms with van der Waals surface area (Å²) in [5, 5.41) is 8.29. The molecule has 0 saturated carbocycles. The van der Waals surface area contributed by atoms with Crippen LogP contribution in [0.15, 0.2) is 65.1 Å². The van der Waals surface area contributed by atoms with E-state index in [1.165, 1.54) is 67.7 Å². The van der Waals surface area contributed by atoms with Crippen LogP contribution >= 0.6 is 0 Å². The smallest absolute Gasteiger partial charge is 0.338 e. The Morgan fingerprint density at radius 1 is 1.00 bits per heavy atom. The molecule has 2 amide bonds. The van der Waals surface area contributed by atoms with E-state index in [0.717, 1.165) is 6.26 Å². The highest BCUT2D eigenvalue weighted by Crippen LogP contribution is 2.39. The molecule has 1 heterocycles. The van der Waals surface area contributed by atoms with Crippen molar-refractivity contribution in [1.82, 2.24) is 5.32 Å². The lowest BCUT2D eigenvalue weighted by Crippen LogP contribution is -2.21. The molecule has 42 heavy (non-hydrogen) atoms. The van der Waals surface area contributed by atoms with Crippen LogP contribution in [0.3, 0.4) is 0 Å². The summed E-state index contributed by atoms with van der Waals surface area (Å²) in [7, 11) is -2.01. The Labute approximate surface area is 240 Å². The van der Waals surface area contributed by atoms with Crippen molar-refractivity contribution in [2.24, 2.45) is 0 Å². The summed E-state index contributed by atoms with van der Waals surface area (Å²) in [6.45, 7) is 1.46. The van der Waals surface area contributed by atoms with Crippen molar-refractivity contribution < 1.29 is 41.1 Å². The molecular weight excluding hydrogens is 569 g/mol. The van der Waals surface area contributed by atoms with Gasteiger partial charge in [0, 0.05) is 36.0 Å². The Bertz CT molecular complexity index is 1730. The summed E-state index contributed by atoms with van der Waals surface area (Å²) in [6, 6.07) is 14.4. The second-order valence-corrected chi connectivity index (χ2v) is 11.3. The number of esters is 1. The number of rotatable bonds is 11. The summed E-state index contributed by atoms with van der Waals surface area (Å²) >= 11 is 0. The van der Waals surface area contributed by atoms with Crippen LogP contribution in [0.4, 0.5) is 15.8 Å². The molecule has 0 fully saturated rings. The summed E-state index contributed by atoms with van der Waals surface area (Å²) < 4.78 is 53.9. The number of fused-ring (bicyclic) bond motifs is 1. The molecule has 11 nitrogen and oxygen atoms in total. The van der Waals surface area contributed by atoms with Crippen LogP contribution in [-0.4, -0.2) is 58.6 Å². The number of sulfone groups is 1. The third kappa shape index (κ3) is 7.23. The van der Waals surface area contributed by atoms with E-state index in [0.29, 0.717) is 22.2 Å². The van der Waals surface area contributed by atoms with Gasteiger partial charge in [-0.2, -0.15) is 0 Å². The molecule has 0 atom stereocenters. The van der Waals surface area contributed by atoms with Crippen molar-refractivity contribution in [1.29, 1.82) is 0 Å². The van der Waals surface area contributed by atoms with Gasteiger partial charge < -0.3 is 29.8 Å². The monoisotopic (exact) mass is 597 g/mol. The maximum atomic E-state index is 13.5. The Hall–Kier alpha value is -4.91. The van der Waals surface area contributed by atoms with Crippen LogP contribution in [0.25, 0.3) is 22.3 Å². The lowest BCUT2D eigenvalue weighted by molar-refractivity contribution is -0.118. The summed E-state index contributed by atoms with van der Waals surface area (Å²) in [6.07, 6.45) is 1.04. The van der Waals surface area contributed by atoms with Crippen molar-refractivity contribution in [3.63, 3.8) is 0 Å². The molecule has 13 heteroatoms. The molecule has 0 aliphatic carbocycles. The number of furan rings is 1. The maximum Gasteiger partial charge on any atom is 0.338 e. The molecule has 4 aromatic rings. The van der Waals surface area contributed by atoms with Gasteiger partial charge >= 0.3 is 5.97 Å². The number of carbonyl (C=O) groups excluding carboxylic acids is 3. The average molecular weight is 598 g/mol. The van der Waals surface area contributed by atoms with Gasteiger partial charge in [-0.05, 0) is 61.5 Å². The number of carbonyl (C=O) groups is 3. The van der Waals surface area contributed by atoms with Gasteiger partial charge in [-0.3, -0.25) is 9.59 Å².